The van der Waals surface area contributed by atoms with Gasteiger partial charge in [-0.05, 0) is 37.5 Å². The highest BCUT2D eigenvalue weighted by atomic mass is 16.2. The summed E-state index contributed by atoms with van der Waals surface area (Å²) in [5, 5.41) is 3.37. The van der Waals surface area contributed by atoms with Gasteiger partial charge in [-0.25, -0.2) is 0 Å². The van der Waals surface area contributed by atoms with Crippen molar-refractivity contribution in [2.75, 3.05) is 13.2 Å². The van der Waals surface area contributed by atoms with Gasteiger partial charge in [-0.2, -0.15) is 0 Å². The Morgan fingerprint density at radius 3 is 2.80 bits per heavy atom. The van der Waals surface area contributed by atoms with Gasteiger partial charge in [-0.15, -0.1) is 0 Å². The van der Waals surface area contributed by atoms with Crippen molar-refractivity contribution in [1.29, 1.82) is 0 Å². The number of nitrogens with one attached hydrogen (secondary N) is 1. The zero-order valence-corrected chi connectivity index (χ0v) is 9.46. The molecule has 2 atom stereocenters. The normalized spacial score (nSPS) is 37.9. The molecular formula is C12H20N2O. The average molecular weight is 208 g/mol. The Labute approximate surface area is 91.2 Å². The molecule has 1 spiro atoms. The molecule has 2 unspecified atom stereocenters. The van der Waals surface area contributed by atoms with Gasteiger partial charge in [0.2, 0.25) is 5.91 Å². The maximum atomic E-state index is 12.0. The van der Waals surface area contributed by atoms with Crippen LogP contribution in [0.1, 0.15) is 39.0 Å². The second kappa shape index (κ2) is 3.21. The first-order chi connectivity index (χ1) is 7.20. The number of carbonyl (C=O) groups is 1. The fourth-order valence-corrected chi connectivity index (χ4v) is 3.16. The maximum Gasteiger partial charge on any atom is 0.243 e. The molecule has 0 bridgehead atoms. The van der Waals surface area contributed by atoms with Gasteiger partial charge >= 0.3 is 0 Å². The highest BCUT2D eigenvalue weighted by molar-refractivity contribution is 5.91. The van der Waals surface area contributed by atoms with E-state index >= 15 is 0 Å². The second-order valence-electron chi connectivity index (χ2n) is 5.73. The first kappa shape index (κ1) is 9.64. The molecule has 0 aromatic heterocycles. The first-order valence-corrected chi connectivity index (χ1v) is 6.24. The molecule has 3 nitrogen and oxygen atoms in total. The van der Waals surface area contributed by atoms with Gasteiger partial charge in [0.05, 0.1) is 12.2 Å². The summed E-state index contributed by atoms with van der Waals surface area (Å²) in [5.74, 6) is 2.01. The van der Waals surface area contributed by atoms with Crippen molar-refractivity contribution in [3.05, 3.63) is 0 Å². The molecule has 0 aromatic rings. The zero-order valence-electron chi connectivity index (χ0n) is 9.46. The van der Waals surface area contributed by atoms with E-state index in [0.717, 1.165) is 37.9 Å². The number of amides is 1. The Balaban J connectivity index is 1.58. The van der Waals surface area contributed by atoms with Crippen LogP contribution >= 0.6 is 0 Å². The van der Waals surface area contributed by atoms with E-state index in [1.165, 1.54) is 19.3 Å². The van der Waals surface area contributed by atoms with Crippen molar-refractivity contribution >= 4 is 5.91 Å². The molecule has 0 aromatic carbocycles. The van der Waals surface area contributed by atoms with Crippen LogP contribution in [-0.2, 0) is 4.79 Å². The standard InChI is InChI=1S/C12H20N2O/c1-9-2-3-10(6-9)7-14-8-13-12(4-5-12)11(14)15/h9-10,13H,2-8H2,1H3. The Hall–Kier alpha value is -0.570. The van der Waals surface area contributed by atoms with Crippen molar-refractivity contribution in [1.82, 2.24) is 10.2 Å². The molecule has 15 heavy (non-hydrogen) atoms. The molecule has 1 amide bonds. The summed E-state index contributed by atoms with van der Waals surface area (Å²) >= 11 is 0. The molecule has 1 saturated heterocycles. The summed E-state index contributed by atoms with van der Waals surface area (Å²) in [5.41, 5.74) is -0.0930. The van der Waals surface area contributed by atoms with Crippen LogP contribution in [0, 0.1) is 11.8 Å². The van der Waals surface area contributed by atoms with Crippen LogP contribution in [0.2, 0.25) is 0 Å². The quantitative estimate of drug-likeness (QED) is 0.743. The molecule has 2 aliphatic carbocycles. The van der Waals surface area contributed by atoms with Gasteiger partial charge in [0, 0.05) is 6.54 Å². The van der Waals surface area contributed by atoms with Crippen molar-refractivity contribution in [2.24, 2.45) is 11.8 Å². The largest absolute Gasteiger partial charge is 0.328 e. The predicted octanol–water partition coefficient (Wildman–Crippen LogP) is 1.34. The summed E-state index contributed by atoms with van der Waals surface area (Å²) in [4.78, 5) is 14.1. The number of rotatable bonds is 2. The molecule has 84 valence electrons. The van der Waals surface area contributed by atoms with E-state index in [0.29, 0.717) is 5.91 Å². The van der Waals surface area contributed by atoms with Gasteiger partial charge in [0.25, 0.3) is 0 Å². The van der Waals surface area contributed by atoms with E-state index in [2.05, 4.69) is 17.1 Å². The fourth-order valence-electron chi connectivity index (χ4n) is 3.16. The summed E-state index contributed by atoms with van der Waals surface area (Å²) in [6.07, 6.45) is 6.10. The third-order valence-electron chi connectivity index (χ3n) is 4.34. The molecule has 3 fully saturated rings. The first-order valence-electron chi connectivity index (χ1n) is 6.24. The monoisotopic (exact) mass is 208 g/mol. The van der Waals surface area contributed by atoms with E-state index < -0.39 is 0 Å². The maximum absolute atomic E-state index is 12.0. The van der Waals surface area contributed by atoms with Crippen LogP contribution in [0.25, 0.3) is 0 Å². The molecule has 3 aliphatic rings. The molecule has 2 saturated carbocycles. The summed E-state index contributed by atoms with van der Waals surface area (Å²) in [6, 6.07) is 0. The Bertz CT molecular complexity index is 285. The van der Waals surface area contributed by atoms with Crippen LogP contribution in [0.4, 0.5) is 0 Å². The molecule has 1 N–H and O–H groups in total. The van der Waals surface area contributed by atoms with Crippen molar-refractivity contribution < 1.29 is 4.79 Å². The van der Waals surface area contributed by atoms with Gasteiger partial charge in [-0.3, -0.25) is 10.1 Å². The van der Waals surface area contributed by atoms with Gasteiger partial charge in [0.1, 0.15) is 0 Å². The lowest BCUT2D eigenvalue weighted by Gasteiger charge is -2.19. The van der Waals surface area contributed by atoms with E-state index in [1.54, 1.807) is 0 Å². The minimum absolute atomic E-state index is 0.0930. The highest BCUT2D eigenvalue weighted by Gasteiger charge is 2.55. The topological polar surface area (TPSA) is 32.3 Å². The molecular weight excluding hydrogens is 188 g/mol. The summed E-state index contributed by atoms with van der Waals surface area (Å²) in [7, 11) is 0. The van der Waals surface area contributed by atoms with Crippen LogP contribution in [-0.4, -0.2) is 29.6 Å². The average Bonchev–Trinajstić information content (AvgIpc) is 2.81. The molecule has 1 aliphatic heterocycles. The number of carbonyl (C=O) groups excluding carboxylic acids is 1. The summed E-state index contributed by atoms with van der Waals surface area (Å²) in [6.45, 7) is 4.12. The van der Waals surface area contributed by atoms with E-state index in [4.69, 9.17) is 0 Å². The minimum Gasteiger partial charge on any atom is -0.328 e. The Kier molecular flexibility index (Phi) is 2.06. The Morgan fingerprint density at radius 2 is 2.27 bits per heavy atom. The van der Waals surface area contributed by atoms with Crippen molar-refractivity contribution in [2.45, 2.75) is 44.6 Å². The van der Waals surface area contributed by atoms with Crippen LogP contribution in [0.5, 0.6) is 0 Å². The van der Waals surface area contributed by atoms with Gasteiger partial charge in [0.15, 0.2) is 0 Å². The molecule has 3 rings (SSSR count). The van der Waals surface area contributed by atoms with E-state index in [9.17, 15) is 4.79 Å². The molecule has 0 radical (unpaired) electrons. The van der Waals surface area contributed by atoms with Crippen LogP contribution in [0.15, 0.2) is 0 Å². The fraction of sp³-hybridized carbons (Fsp3) is 0.917. The third kappa shape index (κ3) is 1.57. The van der Waals surface area contributed by atoms with Gasteiger partial charge in [-0.1, -0.05) is 13.3 Å². The second-order valence-corrected chi connectivity index (χ2v) is 5.73. The van der Waals surface area contributed by atoms with Crippen LogP contribution in [0.3, 0.4) is 0 Å². The van der Waals surface area contributed by atoms with Crippen molar-refractivity contribution in [3.63, 3.8) is 0 Å². The smallest absolute Gasteiger partial charge is 0.243 e. The van der Waals surface area contributed by atoms with E-state index in [1.807, 2.05) is 0 Å². The lowest BCUT2D eigenvalue weighted by Crippen LogP contribution is -2.34. The van der Waals surface area contributed by atoms with E-state index in [-0.39, 0.29) is 5.54 Å². The molecule has 1 heterocycles. The zero-order chi connectivity index (χ0) is 10.5. The predicted molar refractivity (Wildman–Crippen MR) is 58.2 cm³/mol. The van der Waals surface area contributed by atoms with Crippen molar-refractivity contribution in [3.8, 4) is 0 Å². The number of nitrogens with zero attached hydrogens (tertiary/aromatic N) is 1. The highest BCUT2D eigenvalue weighted by Crippen LogP contribution is 2.41. The minimum atomic E-state index is -0.0930. The number of hydrogen-bond donors (Lipinski definition) is 1. The lowest BCUT2D eigenvalue weighted by molar-refractivity contribution is -0.130. The number of hydrogen-bond acceptors (Lipinski definition) is 2. The lowest BCUT2D eigenvalue weighted by atomic mass is 10.1. The molecule has 3 heteroatoms. The summed E-state index contributed by atoms with van der Waals surface area (Å²) < 4.78 is 0. The van der Waals surface area contributed by atoms with Gasteiger partial charge < -0.3 is 4.90 Å². The Morgan fingerprint density at radius 1 is 1.47 bits per heavy atom. The third-order valence-corrected chi connectivity index (χ3v) is 4.34. The SMILES string of the molecule is CC1CCC(CN2CNC3(CC3)C2=O)C1. The van der Waals surface area contributed by atoms with Crippen LogP contribution < -0.4 is 5.32 Å².